The third kappa shape index (κ3) is 7.95. The number of nitrogens with zero attached hydrogens (tertiary/aromatic N) is 2. The first-order chi connectivity index (χ1) is 19.0. The molecular formula is C29H32N2O7S2+2. The molecule has 9 nitrogen and oxygen atoms in total. The maximum Gasteiger partial charge on any atom is 0.265 e. The number of para-hydroxylation sites is 2. The summed E-state index contributed by atoms with van der Waals surface area (Å²) in [6.45, 7) is 1.07. The number of benzene rings is 3. The molecule has 0 aliphatic carbocycles. The maximum absolute atomic E-state index is 10.9. The number of hydrogen-bond acceptors (Lipinski definition) is 5. The fraction of sp³-hybridized carbons (Fsp3) is 0.241. The van der Waals surface area contributed by atoms with Crippen molar-refractivity contribution in [3.8, 4) is 5.75 Å². The summed E-state index contributed by atoms with van der Waals surface area (Å²) >= 11 is 0. The SMILES string of the molecule is COc1ccc2c(ccc[n+]2CCCS(=O)(=O)O)c1.O=S(=O)(O)CCC[n+]1c2ccccc2cc2ccccc21. The predicted molar refractivity (Wildman–Crippen MR) is 154 cm³/mol. The average molecular weight is 585 g/mol. The Labute approximate surface area is 233 Å². The van der Waals surface area contributed by atoms with Gasteiger partial charge in [0.15, 0.2) is 12.7 Å². The summed E-state index contributed by atoms with van der Waals surface area (Å²) in [5.74, 6) is 0.326. The number of aromatic nitrogens is 2. The van der Waals surface area contributed by atoms with Gasteiger partial charge in [-0.3, -0.25) is 9.11 Å². The zero-order valence-corrected chi connectivity index (χ0v) is 23.7. The largest absolute Gasteiger partial charge is 0.497 e. The molecule has 0 fully saturated rings. The van der Waals surface area contributed by atoms with Crippen molar-refractivity contribution in [1.82, 2.24) is 0 Å². The molecule has 0 saturated heterocycles. The van der Waals surface area contributed by atoms with Crippen LogP contribution in [-0.2, 0) is 33.3 Å². The van der Waals surface area contributed by atoms with E-state index < -0.39 is 20.2 Å². The number of pyridine rings is 2. The van der Waals surface area contributed by atoms with E-state index >= 15 is 0 Å². The lowest BCUT2D eigenvalue weighted by molar-refractivity contribution is -0.671. The van der Waals surface area contributed by atoms with Crippen molar-refractivity contribution in [1.29, 1.82) is 0 Å². The molecule has 2 N–H and O–H groups in total. The van der Waals surface area contributed by atoms with E-state index in [1.807, 2.05) is 89.6 Å². The van der Waals surface area contributed by atoms with Crippen LogP contribution in [0.5, 0.6) is 5.75 Å². The third-order valence-electron chi connectivity index (χ3n) is 6.44. The molecule has 0 bridgehead atoms. The molecule has 0 unspecified atom stereocenters. The van der Waals surface area contributed by atoms with Gasteiger partial charge in [-0.05, 0) is 36.4 Å². The fourth-order valence-corrected chi connectivity index (χ4v) is 5.64. The number of aryl methyl sites for hydroxylation is 2. The van der Waals surface area contributed by atoms with Gasteiger partial charge >= 0.3 is 0 Å². The van der Waals surface area contributed by atoms with Gasteiger partial charge in [0.1, 0.15) is 12.3 Å². The van der Waals surface area contributed by atoms with Crippen LogP contribution in [0, 0.1) is 0 Å². The summed E-state index contributed by atoms with van der Waals surface area (Å²) in [6, 6.07) is 27.8. The lowest BCUT2D eigenvalue weighted by Gasteiger charge is -2.05. The van der Waals surface area contributed by atoms with E-state index in [9.17, 15) is 16.8 Å². The molecule has 0 radical (unpaired) electrons. The molecule has 5 aromatic rings. The van der Waals surface area contributed by atoms with Crippen molar-refractivity contribution in [3.63, 3.8) is 0 Å². The number of rotatable bonds is 9. The molecule has 0 aliphatic rings. The Morgan fingerprint density at radius 3 is 1.75 bits per heavy atom. The highest BCUT2D eigenvalue weighted by Gasteiger charge is 2.16. The average Bonchev–Trinajstić information content (AvgIpc) is 2.91. The molecule has 0 saturated carbocycles. The van der Waals surface area contributed by atoms with Crippen LogP contribution in [0.15, 0.2) is 91.1 Å². The Kier molecular flexibility index (Phi) is 9.31. The molecule has 2 aromatic heterocycles. The van der Waals surface area contributed by atoms with Crippen molar-refractivity contribution < 1.29 is 39.8 Å². The van der Waals surface area contributed by atoms with Crippen LogP contribution >= 0.6 is 0 Å². The van der Waals surface area contributed by atoms with Gasteiger partial charge in [-0.15, -0.1) is 0 Å². The Hall–Kier alpha value is -3.64. The first kappa shape index (κ1) is 29.3. The highest BCUT2D eigenvalue weighted by Crippen LogP contribution is 2.19. The maximum atomic E-state index is 10.9. The van der Waals surface area contributed by atoms with Crippen LogP contribution in [0.4, 0.5) is 0 Å². The van der Waals surface area contributed by atoms with E-state index in [-0.39, 0.29) is 11.5 Å². The van der Waals surface area contributed by atoms with Crippen molar-refractivity contribution in [2.24, 2.45) is 0 Å². The Morgan fingerprint density at radius 2 is 1.18 bits per heavy atom. The van der Waals surface area contributed by atoms with E-state index in [0.717, 1.165) is 38.5 Å². The molecule has 0 amide bonds. The van der Waals surface area contributed by atoms with Gasteiger partial charge in [0.05, 0.1) is 24.0 Å². The molecule has 0 aliphatic heterocycles. The molecule has 40 heavy (non-hydrogen) atoms. The topological polar surface area (TPSA) is 126 Å². The second-order valence-electron chi connectivity index (χ2n) is 9.32. The molecule has 5 rings (SSSR count). The molecule has 0 spiro atoms. The molecular weight excluding hydrogens is 552 g/mol. The summed E-state index contributed by atoms with van der Waals surface area (Å²) in [5, 5.41) is 3.25. The van der Waals surface area contributed by atoms with Gasteiger partial charge in [0.2, 0.25) is 16.6 Å². The Bertz CT molecular complexity index is 1800. The van der Waals surface area contributed by atoms with Crippen molar-refractivity contribution in [2.75, 3.05) is 18.6 Å². The zero-order valence-electron chi connectivity index (χ0n) is 22.0. The van der Waals surface area contributed by atoms with E-state index in [0.29, 0.717) is 25.9 Å². The highest BCUT2D eigenvalue weighted by atomic mass is 32.2. The minimum atomic E-state index is -3.91. The second kappa shape index (κ2) is 12.7. The monoisotopic (exact) mass is 584 g/mol. The van der Waals surface area contributed by atoms with Crippen LogP contribution in [0.1, 0.15) is 12.8 Å². The first-order valence-electron chi connectivity index (χ1n) is 12.7. The number of fused-ring (bicyclic) bond motifs is 3. The Morgan fingerprint density at radius 1 is 0.650 bits per heavy atom. The summed E-state index contributed by atoms with van der Waals surface area (Å²) in [7, 11) is -6.19. The van der Waals surface area contributed by atoms with Crippen LogP contribution in [0.25, 0.3) is 32.7 Å². The first-order valence-corrected chi connectivity index (χ1v) is 15.9. The van der Waals surface area contributed by atoms with Crippen LogP contribution in [0.3, 0.4) is 0 Å². The molecule has 2 heterocycles. The fourth-order valence-electron chi connectivity index (χ4n) is 4.65. The van der Waals surface area contributed by atoms with Crippen molar-refractivity contribution in [2.45, 2.75) is 25.9 Å². The predicted octanol–water partition coefficient (Wildman–Crippen LogP) is 3.97. The van der Waals surface area contributed by atoms with Gasteiger partial charge in [0.25, 0.3) is 20.2 Å². The van der Waals surface area contributed by atoms with E-state index in [4.69, 9.17) is 13.8 Å². The standard InChI is InChI=1S/C16H15NO3S.C13H15NO4S/c18-21(19,20)11-5-10-17-15-8-3-1-6-13(15)12-14-7-2-4-9-16(14)17;1-18-12-5-6-13-11(10-12)4-2-7-14(13)8-3-9-19(15,16)17/h1-4,6-9,12H,5,10-11H2;2,4-7,10H,3,8-9H2,1H3/p+2. The number of hydrogen-bond donors (Lipinski definition) is 2. The van der Waals surface area contributed by atoms with Crippen molar-refractivity contribution >= 4 is 52.9 Å². The van der Waals surface area contributed by atoms with Crippen LogP contribution < -0.4 is 13.9 Å². The van der Waals surface area contributed by atoms with Crippen LogP contribution in [-0.4, -0.2) is 44.6 Å². The van der Waals surface area contributed by atoms with Crippen LogP contribution in [0.2, 0.25) is 0 Å². The van der Waals surface area contributed by atoms with Gasteiger partial charge in [0, 0.05) is 47.9 Å². The molecule has 3 aromatic carbocycles. The summed E-state index contributed by atoms with van der Waals surface area (Å²) in [5.41, 5.74) is 3.12. The van der Waals surface area contributed by atoms with Gasteiger partial charge in [-0.25, -0.2) is 0 Å². The van der Waals surface area contributed by atoms with E-state index in [1.54, 1.807) is 7.11 Å². The lowest BCUT2D eigenvalue weighted by Crippen LogP contribution is -2.36. The molecule has 0 atom stereocenters. The summed E-state index contributed by atoms with van der Waals surface area (Å²) in [6.07, 6.45) is 2.63. The molecule has 11 heteroatoms. The quantitative estimate of drug-likeness (QED) is 0.153. The minimum Gasteiger partial charge on any atom is -0.497 e. The second-order valence-corrected chi connectivity index (χ2v) is 12.5. The van der Waals surface area contributed by atoms with Gasteiger partial charge < -0.3 is 4.74 Å². The number of ether oxygens (including phenoxy) is 1. The molecule has 210 valence electrons. The normalized spacial score (nSPS) is 11.9. The minimum absolute atomic E-state index is 0.225. The summed E-state index contributed by atoms with van der Waals surface area (Å²) < 4.78 is 70.0. The summed E-state index contributed by atoms with van der Waals surface area (Å²) in [4.78, 5) is 0. The van der Waals surface area contributed by atoms with Gasteiger partial charge in [-0.1, -0.05) is 24.3 Å². The van der Waals surface area contributed by atoms with Gasteiger partial charge in [-0.2, -0.15) is 26.0 Å². The highest BCUT2D eigenvalue weighted by molar-refractivity contribution is 7.86. The van der Waals surface area contributed by atoms with E-state index in [2.05, 4.69) is 10.6 Å². The zero-order chi connectivity index (χ0) is 28.8. The van der Waals surface area contributed by atoms with E-state index in [1.165, 1.54) is 0 Å². The van der Waals surface area contributed by atoms with Crippen molar-refractivity contribution in [3.05, 3.63) is 91.1 Å². The smallest absolute Gasteiger partial charge is 0.265 e. The number of methoxy groups -OCH3 is 1. The lowest BCUT2D eigenvalue weighted by atomic mass is 10.1. The Balaban J connectivity index is 0.000000186. The third-order valence-corrected chi connectivity index (χ3v) is 8.05.